The first kappa shape index (κ1) is 12.5. The van der Waals surface area contributed by atoms with Gasteiger partial charge >= 0.3 is 5.97 Å². The lowest BCUT2D eigenvalue weighted by atomic mass is 10.2. The molecule has 0 spiro atoms. The van der Waals surface area contributed by atoms with Crippen molar-refractivity contribution in [3.63, 3.8) is 0 Å². The summed E-state index contributed by atoms with van der Waals surface area (Å²) in [5.41, 5.74) is 0.447. The second kappa shape index (κ2) is 5.51. The number of carbonyl (C=O) groups excluding carboxylic acids is 2. The van der Waals surface area contributed by atoms with Gasteiger partial charge in [0, 0.05) is 5.56 Å². The smallest absolute Gasteiger partial charge is 0.346 e. The predicted molar refractivity (Wildman–Crippen MR) is 58.9 cm³/mol. The molecule has 16 heavy (non-hydrogen) atoms. The Kier molecular flexibility index (Phi) is 4.31. The quantitative estimate of drug-likeness (QED) is 0.599. The van der Waals surface area contributed by atoms with Crippen LogP contribution in [0.3, 0.4) is 0 Å². The number of hydrogen-bond donors (Lipinski definition) is 0. The Morgan fingerprint density at radius 1 is 1.50 bits per heavy atom. The van der Waals surface area contributed by atoms with E-state index in [1.807, 2.05) is 0 Å². The Bertz CT molecular complexity index is 403. The number of benzene rings is 1. The monoisotopic (exact) mass is 242 g/mol. The van der Waals surface area contributed by atoms with Crippen LogP contribution in [0, 0.1) is 0 Å². The summed E-state index contributed by atoms with van der Waals surface area (Å²) < 4.78 is 9.78. The van der Waals surface area contributed by atoms with E-state index in [0.29, 0.717) is 17.6 Å². The average Bonchev–Trinajstić information content (AvgIpc) is 2.30. The molecule has 0 amide bonds. The zero-order chi connectivity index (χ0) is 12.1. The first-order chi connectivity index (χ1) is 7.58. The number of carbonyl (C=O) groups is 2. The molecular formula is C11H11ClO4. The third-order valence-electron chi connectivity index (χ3n) is 1.93. The summed E-state index contributed by atoms with van der Waals surface area (Å²) in [5.74, 6) is -0.152. The Morgan fingerprint density at radius 2 is 2.19 bits per heavy atom. The maximum atomic E-state index is 11.1. The molecule has 0 radical (unpaired) electrons. The topological polar surface area (TPSA) is 52.6 Å². The van der Waals surface area contributed by atoms with E-state index in [0.717, 1.165) is 0 Å². The summed E-state index contributed by atoms with van der Waals surface area (Å²) in [6.07, 6.45) is -0.0658. The molecule has 0 aliphatic carbocycles. The molecule has 1 aromatic carbocycles. The summed E-state index contributed by atoms with van der Waals surface area (Å²) in [7, 11) is 1.28. The number of hydrogen-bond acceptors (Lipinski definition) is 4. The Balaban J connectivity index is 2.82. The van der Waals surface area contributed by atoms with Gasteiger partial charge in [-0.15, -0.1) is 0 Å². The van der Waals surface area contributed by atoms with Crippen molar-refractivity contribution < 1.29 is 19.1 Å². The molecule has 1 rings (SSSR count). The molecule has 86 valence electrons. The Labute approximate surface area is 98.1 Å². The summed E-state index contributed by atoms with van der Waals surface area (Å²) in [4.78, 5) is 21.6. The van der Waals surface area contributed by atoms with Crippen LogP contribution in [-0.2, 0) is 9.53 Å². The third-order valence-corrected chi connectivity index (χ3v) is 2.22. The first-order valence-corrected chi connectivity index (χ1v) is 4.95. The lowest BCUT2D eigenvalue weighted by Gasteiger charge is -2.13. The Morgan fingerprint density at radius 3 is 2.69 bits per heavy atom. The van der Waals surface area contributed by atoms with Gasteiger partial charge in [0.05, 0.1) is 12.1 Å². The maximum absolute atomic E-state index is 11.1. The zero-order valence-corrected chi connectivity index (χ0v) is 9.65. The first-order valence-electron chi connectivity index (χ1n) is 4.57. The van der Waals surface area contributed by atoms with Crippen LogP contribution in [0.25, 0.3) is 0 Å². The van der Waals surface area contributed by atoms with Gasteiger partial charge in [-0.3, -0.25) is 4.79 Å². The van der Waals surface area contributed by atoms with Crippen LogP contribution >= 0.6 is 11.6 Å². The van der Waals surface area contributed by atoms with Crippen molar-refractivity contribution >= 4 is 23.9 Å². The van der Waals surface area contributed by atoms with E-state index in [1.165, 1.54) is 19.2 Å². The minimum absolute atomic E-state index is 0.278. The maximum Gasteiger partial charge on any atom is 0.346 e. The van der Waals surface area contributed by atoms with E-state index in [4.69, 9.17) is 16.3 Å². The number of ether oxygens (including phenoxy) is 2. The van der Waals surface area contributed by atoms with Crippen molar-refractivity contribution in [3.8, 4) is 5.75 Å². The minimum atomic E-state index is -0.746. The standard InChI is InChI=1S/C11H11ClO4/c1-7(11(14)15-2)16-10-4-3-8(6-13)5-9(10)12/h3-7H,1-2H3. The highest BCUT2D eigenvalue weighted by Crippen LogP contribution is 2.26. The van der Waals surface area contributed by atoms with Gasteiger partial charge in [0.1, 0.15) is 12.0 Å². The lowest BCUT2D eigenvalue weighted by molar-refractivity contribution is -0.147. The highest BCUT2D eigenvalue weighted by Gasteiger charge is 2.16. The van der Waals surface area contributed by atoms with E-state index in [9.17, 15) is 9.59 Å². The van der Waals surface area contributed by atoms with Gasteiger partial charge in [0.15, 0.2) is 6.10 Å². The van der Waals surface area contributed by atoms with Crippen LogP contribution in [0.4, 0.5) is 0 Å². The fraction of sp³-hybridized carbons (Fsp3) is 0.273. The number of halogens is 1. The number of aldehydes is 1. The van der Waals surface area contributed by atoms with Crippen LogP contribution in [0.15, 0.2) is 18.2 Å². The van der Waals surface area contributed by atoms with Crippen LogP contribution in [0.2, 0.25) is 5.02 Å². The van der Waals surface area contributed by atoms with Gasteiger partial charge in [-0.1, -0.05) is 11.6 Å². The molecule has 0 bridgehead atoms. The fourth-order valence-corrected chi connectivity index (χ4v) is 1.32. The molecule has 0 saturated heterocycles. The number of methoxy groups -OCH3 is 1. The molecule has 0 aliphatic rings. The molecule has 0 aliphatic heterocycles. The van der Waals surface area contributed by atoms with Crippen molar-refractivity contribution in [2.75, 3.05) is 7.11 Å². The van der Waals surface area contributed by atoms with Gasteiger partial charge in [-0.05, 0) is 25.1 Å². The largest absolute Gasteiger partial charge is 0.477 e. The molecule has 0 fully saturated rings. The molecule has 1 unspecified atom stereocenters. The minimum Gasteiger partial charge on any atom is -0.477 e. The third kappa shape index (κ3) is 2.97. The van der Waals surface area contributed by atoms with Gasteiger partial charge in [0.25, 0.3) is 0 Å². The second-order valence-electron chi connectivity index (χ2n) is 3.09. The molecule has 0 saturated carbocycles. The van der Waals surface area contributed by atoms with Crippen LogP contribution in [0.1, 0.15) is 17.3 Å². The summed E-state index contributed by atoms with van der Waals surface area (Å²) in [6.45, 7) is 1.55. The highest BCUT2D eigenvalue weighted by molar-refractivity contribution is 6.32. The lowest BCUT2D eigenvalue weighted by Crippen LogP contribution is -2.25. The molecule has 1 atom stereocenters. The molecule has 0 aromatic heterocycles. The molecule has 5 heteroatoms. The predicted octanol–water partition coefficient (Wildman–Crippen LogP) is 2.09. The molecule has 1 aromatic rings. The summed E-state index contributed by atoms with van der Waals surface area (Å²) in [5, 5.41) is 0.278. The molecule has 4 nitrogen and oxygen atoms in total. The van der Waals surface area contributed by atoms with Gasteiger partial charge < -0.3 is 9.47 Å². The zero-order valence-electron chi connectivity index (χ0n) is 8.90. The van der Waals surface area contributed by atoms with Gasteiger partial charge in [-0.2, -0.15) is 0 Å². The van der Waals surface area contributed by atoms with Crippen molar-refractivity contribution in [1.82, 2.24) is 0 Å². The number of esters is 1. The van der Waals surface area contributed by atoms with E-state index < -0.39 is 12.1 Å². The Hall–Kier alpha value is -1.55. The van der Waals surface area contributed by atoms with Crippen LogP contribution in [0.5, 0.6) is 5.75 Å². The molecule has 0 heterocycles. The fourth-order valence-electron chi connectivity index (χ4n) is 1.09. The van der Waals surface area contributed by atoms with Crippen molar-refractivity contribution in [1.29, 1.82) is 0 Å². The second-order valence-corrected chi connectivity index (χ2v) is 3.50. The SMILES string of the molecule is COC(=O)C(C)Oc1ccc(C=O)cc1Cl. The van der Waals surface area contributed by atoms with Gasteiger partial charge in [0.2, 0.25) is 0 Å². The van der Waals surface area contributed by atoms with Crippen LogP contribution in [-0.4, -0.2) is 25.5 Å². The normalized spacial score (nSPS) is 11.7. The molecular weight excluding hydrogens is 232 g/mol. The van der Waals surface area contributed by atoms with E-state index in [-0.39, 0.29) is 5.02 Å². The van der Waals surface area contributed by atoms with Crippen molar-refractivity contribution in [2.45, 2.75) is 13.0 Å². The van der Waals surface area contributed by atoms with E-state index in [2.05, 4.69) is 4.74 Å². The summed E-state index contributed by atoms with van der Waals surface area (Å²) in [6, 6.07) is 4.55. The van der Waals surface area contributed by atoms with Gasteiger partial charge in [-0.25, -0.2) is 4.79 Å². The summed E-state index contributed by atoms with van der Waals surface area (Å²) >= 11 is 5.86. The van der Waals surface area contributed by atoms with Crippen LogP contribution < -0.4 is 4.74 Å². The highest BCUT2D eigenvalue weighted by atomic mass is 35.5. The van der Waals surface area contributed by atoms with Crippen molar-refractivity contribution in [2.24, 2.45) is 0 Å². The van der Waals surface area contributed by atoms with E-state index >= 15 is 0 Å². The molecule has 0 N–H and O–H groups in total. The van der Waals surface area contributed by atoms with E-state index in [1.54, 1.807) is 13.0 Å². The number of rotatable bonds is 4. The average molecular weight is 243 g/mol. The van der Waals surface area contributed by atoms with Crippen molar-refractivity contribution in [3.05, 3.63) is 28.8 Å².